The maximum atomic E-state index is 12.1. The second-order valence-corrected chi connectivity index (χ2v) is 6.86. The third-order valence-corrected chi connectivity index (χ3v) is 3.39. The van der Waals surface area contributed by atoms with E-state index in [4.69, 9.17) is 10.5 Å². The Kier molecular flexibility index (Phi) is 5.70. The summed E-state index contributed by atoms with van der Waals surface area (Å²) < 4.78 is 30.1. The molecule has 7 nitrogen and oxygen atoms in total. The molecule has 0 aliphatic carbocycles. The van der Waals surface area contributed by atoms with Crippen molar-refractivity contribution in [1.82, 2.24) is 4.72 Å². The van der Waals surface area contributed by atoms with E-state index in [1.165, 1.54) is 13.8 Å². The normalized spacial score (nSPS) is 12.0. The van der Waals surface area contributed by atoms with Gasteiger partial charge < -0.3 is 15.8 Å². The molecule has 1 amide bonds. The quantitative estimate of drug-likeness (QED) is 0.670. The number of rotatable bonds is 7. The lowest BCUT2D eigenvalue weighted by atomic mass is 10.1. The second kappa shape index (κ2) is 6.88. The standard InChI is InChI=1S/C13H21N3O4S/c1-13(2,16-21(3,18)19)12(17)15-10-4-6-11(7-5-10)20-9-8-14/h4-7,16H,8-9,14H2,1-3H3,(H,15,17). The van der Waals surface area contributed by atoms with E-state index >= 15 is 0 Å². The SMILES string of the molecule is CC(C)(NS(C)(=O)=O)C(=O)Nc1ccc(OCCN)cc1. The number of nitrogens with two attached hydrogens (primary N) is 1. The van der Waals surface area contributed by atoms with Gasteiger partial charge in [-0.05, 0) is 38.1 Å². The van der Waals surface area contributed by atoms with Crippen molar-refractivity contribution >= 4 is 21.6 Å². The molecule has 1 rings (SSSR count). The van der Waals surface area contributed by atoms with Crippen LogP contribution in [0, 0.1) is 0 Å². The fourth-order valence-corrected chi connectivity index (χ4v) is 2.63. The van der Waals surface area contributed by atoms with Crippen LogP contribution in [0.1, 0.15) is 13.8 Å². The highest BCUT2D eigenvalue weighted by atomic mass is 32.2. The van der Waals surface area contributed by atoms with Crippen LogP contribution in [0.3, 0.4) is 0 Å². The van der Waals surface area contributed by atoms with Gasteiger partial charge in [0.05, 0.1) is 6.26 Å². The average molecular weight is 315 g/mol. The first-order chi connectivity index (χ1) is 9.64. The van der Waals surface area contributed by atoms with Crippen LogP contribution in [0.2, 0.25) is 0 Å². The summed E-state index contributed by atoms with van der Waals surface area (Å²) in [6, 6.07) is 6.73. The third-order valence-electron chi connectivity index (χ3n) is 2.51. The smallest absolute Gasteiger partial charge is 0.245 e. The molecule has 1 aromatic rings. The molecule has 0 atom stereocenters. The minimum Gasteiger partial charge on any atom is -0.492 e. The van der Waals surface area contributed by atoms with Crippen molar-refractivity contribution in [2.75, 3.05) is 24.7 Å². The Hall–Kier alpha value is -1.64. The Morgan fingerprint density at radius 2 is 1.86 bits per heavy atom. The number of ether oxygens (including phenoxy) is 1. The molecule has 0 spiro atoms. The van der Waals surface area contributed by atoms with Gasteiger partial charge in [-0.2, -0.15) is 0 Å². The molecule has 0 radical (unpaired) electrons. The Balaban J connectivity index is 2.70. The minimum absolute atomic E-state index is 0.414. The van der Waals surface area contributed by atoms with Crippen molar-refractivity contribution in [3.05, 3.63) is 24.3 Å². The number of sulfonamides is 1. The van der Waals surface area contributed by atoms with E-state index in [1.54, 1.807) is 24.3 Å². The fourth-order valence-electron chi connectivity index (χ4n) is 1.61. The van der Waals surface area contributed by atoms with E-state index < -0.39 is 21.5 Å². The van der Waals surface area contributed by atoms with Crippen molar-refractivity contribution < 1.29 is 17.9 Å². The monoisotopic (exact) mass is 315 g/mol. The predicted molar refractivity (Wildman–Crippen MR) is 81.7 cm³/mol. The molecule has 0 heterocycles. The first-order valence-corrected chi connectivity index (χ1v) is 8.26. The van der Waals surface area contributed by atoms with Gasteiger partial charge in [0.25, 0.3) is 0 Å². The Morgan fingerprint density at radius 3 is 2.33 bits per heavy atom. The maximum absolute atomic E-state index is 12.1. The van der Waals surface area contributed by atoms with Gasteiger partial charge in [0.1, 0.15) is 17.9 Å². The number of amides is 1. The molecule has 8 heteroatoms. The number of nitrogens with one attached hydrogen (secondary N) is 2. The molecule has 21 heavy (non-hydrogen) atoms. The van der Waals surface area contributed by atoms with Crippen LogP contribution in [-0.2, 0) is 14.8 Å². The molecular weight excluding hydrogens is 294 g/mol. The van der Waals surface area contributed by atoms with E-state index in [-0.39, 0.29) is 0 Å². The first kappa shape index (κ1) is 17.4. The van der Waals surface area contributed by atoms with Crippen molar-refractivity contribution in [2.24, 2.45) is 5.73 Å². The van der Waals surface area contributed by atoms with E-state index in [2.05, 4.69) is 10.0 Å². The van der Waals surface area contributed by atoms with Crippen molar-refractivity contribution in [2.45, 2.75) is 19.4 Å². The summed E-state index contributed by atoms with van der Waals surface area (Å²) in [5.41, 5.74) is 4.63. The van der Waals surface area contributed by atoms with Gasteiger partial charge in [0.15, 0.2) is 0 Å². The summed E-state index contributed by atoms with van der Waals surface area (Å²) in [5.74, 6) is 0.190. The topological polar surface area (TPSA) is 111 Å². The lowest BCUT2D eigenvalue weighted by Crippen LogP contribution is -2.51. The van der Waals surface area contributed by atoms with Crippen LogP contribution >= 0.6 is 0 Å². The molecule has 4 N–H and O–H groups in total. The molecule has 0 aliphatic heterocycles. The van der Waals surface area contributed by atoms with E-state index in [9.17, 15) is 13.2 Å². The number of carbonyl (C=O) groups excluding carboxylic acids is 1. The van der Waals surface area contributed by atoms with Crippen LogP contribution in [0.4, 0.5) is 5.69 Å². The Labute approximate surface area is 124 Å². The lowest BCUT2D eigenvalue weighted by molar-refractivity contribution is -0.120. The van der Waals surface area contributed by atoms with Crippen LogP contribution in [0.25, 0.3) is 0 Å². The van der Waals surface area contributed by atoms with Gasteiger partial charge in [0, 0.05) is 12.2 Å². The van der Waals surface area contributed by atoms with Crippen LogP contribution in [-0.4, -0.2) is 39.3 Å². The zero-order chi connectivity index (χ0) is 16.1. The van der Waals surface area contributed by atoms with Crippen LogP contribution in [0.15, 0.2) is 24.3 Å². The highest BCUT2D eigenvalue weighted by Gasteiger charge is 2.30. The summed E-state index contributed by atoms with van der Waals surface area (Å²) in [6.07, 6.45) is 1.01. The molecule has 118 valence electrons. The van der Waals surface area contributed by atoms with Crippen LogP contribution < -0.4 is 20.5 Å². The molecule has 0 fully saturated rings. The zero-order valence-corrected chi connectivity index (χ0v) is 13.2. The molecule has 1 aromatic carbocycles. The zero-order valence-electron chi connectivity index (χ0n) is 12.3. The first-order valence-electron chi connectivity index (χ1n) is 6.37. The fraction of sp³-hybridized carbons (Fsp3) is 0.462. The number of benzene rings is 1. The number of hydrogen-bond donors (Lipinski definition) is 3. The number of hydrogen-bond acceptors (Lipinski definition) is 5. The number of anilines is 1. The molecule has 0 unspecified atom stereocenters. The average Bonchev–Trinajstić information content (AvgIpc) is 2.35. The molecule has 0 bridgehead atoms. The maximum Gasteiger partial charge on any atom is 0.245 e. The lowest BCUT2D eigenvalue weighted by Gasteiger charge is -2.23. The number of carbonyl (C=O) groups is 1. The van der Waals surface area contributed by atoms with Crippen LogP contribution in [0.5, 0.6) is 5.75 Å². The Morgan fingerprint density at radius 1 is 1.29 bits per heavy atom. The minimum atomic E-state index is -3.48. The molecule has 0 aromatic heterocycles. The third kappa shape index (κ3) is 6.11. The van der Waals surface area contributed by atoms with E-state index in [1.807, 2.05) is 0 Å². The van der Waals surface area contributed by atoms with E-state index in [0.29, 0.717) is 24.6 Å². The largest absolute Gasteiger partial charge is 0.492 e. The van der Waals surface area contributed by atoms with Crippen molar-refractivity contribution in [3.8, 4) is 5.75 Å². The molecular formula is C13H21N3O4S. The highest BCUT2D eigenvalue weighted by Crippen LogP contribution is 2.17. The van der Waals surface area contributed by atoms with Gasteiger partial charge in [-0.1, -0.05) is 0 Å². The second-order valence-electron chi connectivity index (χ2n) is 5.11. The predicted octanol–water partition coefficient (Wildman–Crippen LogP) is 0.290. The summed E-state index contributed by atoms with van der Waals surface area (Å²) >= 11 is 0. The summed E-state index contributed by atoms with van der Waals surface area (Å²) in [6.45, 7) is 3.81. The van der Waals surface area contributed by atoms with Gasteiger partial charge in [0.2, 0.25) is 15.9 Å². The van der Waals surface area contributed by atoms with Gasteiger partial charge >= 0.3 is 0 Å². The Bertz CT molecular complexity index is 582. The van der Waals surface area contributed by atoms with E-state index in [0.717, 1.165) is 6.26 Å². The highest BCUT2D eigenvalue weighted by molar-refractivity contribution is 7.88. The molecule has 0 saturated heterocycles. The summed E-state index contributed by atoms with van der Waals surface area (Å²) in [5, 5.41) is 2.64. The van der Waals surface area contributed by atoms with Crippen molar-refractivity contribution in [3.63, 3.8) is 0 Å². The van der Waals surface area contributed by atoms with Gasteiger partial charge in [-0.3, -0.25) is 4.79 Å². The van der Waals surface area contributed by atoms with Gasteiger partial charge in [-0.25, -0.2) is 13.1 Å². The van der Waals surface area contributed by atoms with Crippen molar-refractivity contribution in [1.29, 1.82) is 0 Å². The summed E-state index contributed by atoms with van der Waals surface area (Å²) in [7, 11) is -3.48. The molecule has 0 saturated carbocycles. The molecule has 0 aliphatic rings. The van der Waals surface area contributed by atoms with Gasteiger partial charge in [-0.15, -0.1) is 0 Å². The summed E-state index contributed by atoms with van der Waals surface area (Å²) in [4.78, 5) is 12.1.